The van der Waals surface area contributed by atoms with Crippen LogP contribution < -0.4 is 11.1 Å². The molecule has 4 N–H and O–H groups in total. The van der Waals surface area contributed by atoms with Crippen LogP contribution in [0.15, 0.2) is 0 Å². The molecule has 0 spiro atoms. The molecule has 6 heteroatoms. The molecule has 0 atom stereocenters. The Morgan fingerprint density at radius 1 is 1.45 bits per heavy atom. The third-order valence-electron chi connectivity index (χ3n) is 3.76. The van der Waals surface area contributed by atoms with Gasteiger partial charge in [-0.1, -0.05) is 13.8 Å². The highest BCUT2D eigenvalue weighted by molar-refractivity contribution is 5.97. The molecule has 2 heterocycles. The van der Waals surface area contributed by atoms with Crippen molar-refractivity contribution in [2.75, 3.05) is 31.9 Å². The van der Waals surface area contributed by atoms with E-state index in [0.29, 0.717) is 17.9 Å². The summed E-state index contributed by atoms with van der Waals surface area (Å²) in [6, 6.07) is 0. The number of likely N-dealkylation sites (tertiary alicyclic amines) is 1. The molecule has 1 aliphatic heterocycles. The lowest BCUT2D eigenvalue weighted by Gasteiger charge is -2.14. The molecular weight excluding hydrogens is 254 g/mol. The Hall–Kier alpha value is -1.56. The van der Waals surface area contributed by atoms with Gasteiger partial charge in [0.2, 0.25) is 0 Å². The molecule has 1 amide bonds. The number of hydrogen-bond acceptors (Lipinski definition) is 4. The molecule has 112 valence electrons. The molecule has 0 aliphatic carbocycles. The number of amides is 1. The summed E-state index contributed by atoms with van der Waals surface area (Å²) in [7, 11) is 0. The topological polar surface area (TPSA) is 87.0 Å². The second kappa shape index (κ2) is 6.74. The standard InChI is InChI=1S/C14H25N5O/c1-10(2)12-11(15)13(18-17-12)14(20)16-6-5-9-19-7-3-4-8-19/h10H,3-9,15H2,1-2H3,(H,16,20)(H,17,18). The monoisotopic (exact) mass is 279 g/mol. The molecule has 1 aromatic heterocycles. The van der Waals surface area contributed by atoms with Crippen LogP contribution in [0.1, 0.15) is 55.2 Å². The molecule has 2 rings (SSSR count). The van der Waals surface area contributed by atoms with Crippen LogP contribution in [0.5, 0.6) is 0 Å². The van der Waals surface area contributed by atoms with Crippen LogP contribution in [-0.4, -0.2) is 47.2 Å². The third kappa shape index (κ3) is 3.50. The number of aromatic nitrogens is 2. The molecule has 1 fully saturated rings. The number of nitrogen functional groups attached to an aromatic ring is 1. The lowest BCUT2D eigenvalue weighted by molar-refractivity contribution is 0.0948. The Morgan fingerprint density at radius 2 is 2.15 bits per heavy atom. The van der Waals surface area contributed by atoms with E-state index in [1.54, 1.807) is 0 Å². The smallest absolute Gasteiger partial charge is 0.273 e. The van der Waals surface area contributed by atoms with Crippen molar-refractivity contribution in [2.24, 2.45) is 0 Å². The average Bonchev–Trinajstić information content (AvgIpc) is 3.03. The zero-order valence-corrected chi connectivity index (χ0v) is 12.4. The average molecular weight is 279 g/mol. The van der Waals surface area contributed by atoms with Gasteiger partial charge in [0.05, 0.1) is 11.4 Å². The van der Waals surface area contributed by atoms with Crippen molar-refractivity contribution in [3.05, 3.63) is 11.4 Å². The van der Waals surface area contributed by atoms with Crippen molar-refractivity contribution in [3.8, 4) is 0 Å². The van der Waals surface area contributed by atoms with E-state index in [0.717, 1.165) is 18.7 Å². The minimum Gasteiger partial charge on any atom is -0.395 e. The van der Waals surface area contributed by atoms with E-state index in [2.05, 4.69) is 20.4 Å². The zero-order chi connectivity index (χ0) is 14.5. The summed E-state index contributed by atoms with van der Waals surface area (Å²) >= 11 is 0. The van der Waals surface area contributed by atoms with Gasteiger partial charge in [0.15, 0.2) is 5.69 Å². The van der Waals surface area contributed by atoms with Gasteiger partial charge >= 0.3 is 0 Å². The molecule has 0 unspecified atom stereocenters. The Labute approximate surface area is 120 Å². The van der Waals surface area contributed by atoms with Gasteiger partial charge < -0.3 is 16.0 Å². The number of hydrogen-bond donors (Lipinski definition) is 3. The van der Waals surface area contributed by atoms with Gasteiger partial charge in [-0.2, -0.15) is 5.10 Å². The summed E-state index contributed by atoms with van der Waals surface area (Å²) in [6.45, 7) is 8.13. The van der Waals surface area contributed by atoms with Crippen LogP contribution in [0, 0.1) is 0 Å². The minimum absolute atomic E-state index is 0.188. The van der Waals surface area contributed by atoms with Gasteiger partial charge in [0.25, 0.3) is 5.91 Å². The van der Waals surface area contributed by atoms with Gasteiger partial charge in [0, 0.05) is 6.54 Å². The lowest BCUT2D eigenvalue weighted by Crippen LogP contribution is -2.29. The summed E-state index contributed by atoms with van der Waals surface area (Å²) in [5, 5.41) is 9.75. The predicted molar refractivity (Wildman–Crippen MR) is 79.7 cm³/mol. The Morgan fingerprint density at radius 3 is 2.75 bits per heavy atom. The number of carbonyl (C=O) groups is 1. The first-order valence-electron chi connectivity index (χ1n) is 7.44. The van der Waals surface area contributed by atoms with Crippen molar-refractivity contribution < 1.29 is 4.79 Å². The van der Waals surface area contributed by atoms with Gasteiger partial charge in [-0.25, -0.2) is 0 Å². The van der Waals surface area contributed by atoms with Crippen molar-refractivity contribution in [3.63, 3.8) is 0 Å². The summed E-state index contributed by atoms with van der Waals surface area (Å²) < 4.78 is 0. The molecule has 1 saturated heterocycles. The van der Waals surface area contributed by atoms with Gasteiger partial charge in [-0.3, -0.25) is 9.89 Å². The number of anilines is 1. The maximum absolute atomic E-state index is 12.0. The van der Waals surface area contributed by atoms with Gasteiger partial charge in [-0.05, 0) is 44.8 Å². The van der Waals surface area contributed by atoms with E-state index < -0.39 is 0 Å². The van der Waals surface area contributed by atoms with E-state index in [9.17, 15) is 4.79 Å². The van der Waals surface area contributed by atoms with E-state index in [1.807, 2.05) is 13.8 Å². The highest BCUT2D eigenvalue weighted by Crippen LogP contribution is 2.21. The van der Waals surface area contributed by atoms with Crippen LogP contribution >= 0.6 is 0 Å². The van der Waals surface area contributed by atoms with Crippen LogP contribution in [0.3, 0.4) is 0 Å². The zero-order valence-electron chi connectivity index (χ0n) is 12.4. The minimum atomic E-state index is -0.188. The Bertz CT molecular complexity index is 448. The van der Waals surface area contributed by atoms with Gasteiger partial charge in [0.1, 0.15) is 0 Å². The number of rotatable bonds is 6. The number of nitrogens with one attached hydrogen (secondary N) is 2. The third-order valence-corrected chi connectivity index (χ3v) is 3.76. The van der Waals surface area contributed by atoms with Crippen LogP contribution in [0.25, 0.3) is 0 Å². The van der Waals surface area contributed by atoms with Crippen LogP contribution in [0.2, 0.25) is 0 Å². The van der Waals surface area contributed by atoms with Crippen molar-refractivity contribution in [2.45, 2.75) is 39.0 Å². The second-order valence-corrected chi connectivity index (χ2v) is 5.71. The largest absolute Gasteiger partial charge is 0.395 e. The Balaban J connectivity index is 1.76. The van der Waals surface area contributed by atoms with Crippen molar-refractivity contribution in [1.29, 1.82) is 0 Å². The van der Waals surface area contributed by atoms with E-state index in [-0.39, 0.29) is 11.8 Å². The molecule has 0 bridgehead atoms. The maximum Gasteiger partial charge on any atom is 0.273 e. The Kier molecular flexibility index (Phi) is 5.00. The predicted octanol–water partition coefficient (Wildman–Crippen LogP) is 1.33. The first-order valence-corrected chi connectivity index (χ1v) is 7.44. The highest BCUT2D eigenvalue weighted by atomic mass is 16.1. The summed E-state index contributed by atoms with van der Waals surface area (Å²) in [4.78, 5) is 14.4. The maximum atomic E-state index is 12.0. The first-order chi connectivity index (χ1) is 9.59. The quantitative estimate of drug-likeness (QED) is 0.686. The molecule has 1 aliphatic rings. The summed E-state index contributed by atoms with van der Waals surface area (Å²) in [5.41, 5.74) is 7.56. The summed E-state index contributed by atoms with van der Waals surface area (Å²) in [5.74, 6) is 0.0475. The number of nitrogens with two attached hydrogens (primary N) is 1. The SMILES string of the molecule is CC(C)c1[nH]nc(C(=O)NCCCN2CCCC2)c1N. The summed E-state index contributed by atoms with van der Waals surface area (Å²) in [6.07, 6.45) is 3.56. The number of aromatic amines is 1. The number of nitrogens with zero attached hydrogens (tertiary/aromatic N) is 2. The number of H-pyrrole nitrogens is 1. The lowest BCUT2D eigenvalue weighted by atomic mass is 10.1. The fraction of sp³-hybridized carbons (Fsp3) is 0.714. The molecule has 0 radical (unpaired) electrons. The fourth-order valence-electron chi connectivity index (χ4n) is 2.57. The fourth-order valence-corrected chi connectivity index (χ4v) is 2.57. The normalized spacial score (nSPS) is 15.9. The van der Waals surface area contributed by atoms with Crippen molar-refractivity contribution in [1.82, 2.24) is 20.4 Å². The molecule has 1 aromatic rings. The van der Waals surface area contributed by atoms with Crippen LogP contribution in [-0.2, 0) is 0 Å². The van der Waals surface area contributed by atoms with Crippen molar-refractivity contribution >= 4 is 11.6 Å². The van der Waals surface area contributed by atoms with Gasteiger partial charge in [-0.15, -0.1) is 0 Å². The van der Waals surface area contributed by atoms with E-state index in [1.165, 1.54) is 25.9 Å². The van der Waals surface area contributed by atoms with Crippen LogP contribution in [0.4, 0.5) is 5.69 Å². The molecule has 0 aromatic carbocycles. The second-order valence-electron chi connectivity index (χ2n) is 5.71. The first kappa shape index (κ1) is 14.8. The van der Waals surface area contributed by atoms with E-state index in [4.69, 9.17) is 5.73 Å². The molecule has 0 saturated carbocycles. The van der Waals surface area contributed by atoms with E-state index >= 15 is 0 Å². The number of carbonyl (C=O) groups excluding carboxylic acids is 1. The molecular formula is C14H25N5O. The molecule has 6 nitrogen and oxygen atoms in total. The molecule has 20 heavy (non-hydrogen) atoms. The highest BCUT2D eigenvalue weighted by Gasteiger charge is 2.18.